The van der Waals surface area contributed by atoms with E-state index < -0.39 is 5.54 Å². The fraction of sp³-hybridized carbons (Fsp3) is 0.133. The van der Waals surface area contributed by atoms with Crippen LogP contribution in [0.1, 0.15) is 11.1 Å². The molecule has 2 aliphatic heterocycles. The van der Waals surface area contributed by atoms with Gasteiger partial charge in [0.1, 0.15) is 18.1 Å². The Hall–Kier alpha value is -1.28. The van der Waals surface area contributed by atoms with E-state index in [0.717, 1.165) is 30.7 Å². The van der Waals surface area contributed by atoms with Crippen LogP contribution in [-0.4, -0.2) is 12.6 Å². The van der Waals surface area contributed by atoms with Crippen molar-refractivity contribution >= 4 is 44.5 Å². The van der Waals surface area contributed by atoms with Gasteiger partial charge >= 0.3 is 0 Å². The molecular weight excluding hydrogens is 447 g/mol. The van der Waals surface area contributed by atoms with E-state index in [-0.39, 0.29) is 6.02 Å². The third-order valence-electron chi connectivity index (χ3n) is 3.75. The number of rotatable bonds is 0. The lowest BCUT2D eigenvalue weighted by molar-refractivity contribution is 0.263. The van der Waals surface area contributed by atoms with E-state index in [2.05, 4.69) is 43.5 Å². The lowest BCUT2D eigenvalue weighted by atomic mass is 9.81. The number of hydrogen-bond donors (Lipinski definition) is 1. The zero-order chi connectivity index (χ0) is 14.6. The Morgan fingerprint density at radius 2 is 2.00 bits per heavy atom. The Morgan fingerprint density at radius 1 is 1.19 bits per heavy atom. The van der Waals surface area contributed by atoms with Crippen LogP contribution >= 0.6 is 38.5 Å². The van der Waals surface area contributed by atoms with Gasteiger partial charge in [0.25, 0.3) is 6.02 Å². The topological polar surface area (TPSA) is 56.8 Å². The molecule has 2 aromatic rings. The second kappa shape index (κ2) is 4.61. The van der Waals surface area contributed by atoms with E-state index in [1.54, 1.807) is 0 Å². The minimum absolute atomic E-state index is 0.216. The lowest BCUT2D eigenvalue weighted by Gasteiger charge is -2.34. The van der Waals surface area contributed by atoms with Crippen LogP contribution in [0.4, 0.5) is 0 Å². The maximum atomic E-state index is 6.04. The first-order valence-corrected chi connectivity index (χ1v) is 8.23. The van der Waals surface area contributed by atoms with Crippen molar-refractivity contribution < 1.29 is 9.47 Å². The summed E-state index contributed by atoms with van der Waals surface area (Å²) in [4.78, 5) is 4.63. The van der Waals surface area contributed by atoms with Gasteiger partial charge in [0.05, 0.1) is 0 Å². The molecule has 0 fully saturated rings. The fourth-order valence-corrected chi connectivity index (χ4v) is 4.07. The molecule has 0 aromatic heterocycles. The second-order valence-electron chi connectivity index (χ2n) is 4.93. The van der Waals surface area contributed by atoms with Gasteiger partial charge in [0, 0.05) is 19.2 Å². The summed E-state index contributed by atoms with van der Waals surface area (Å²) < 4.78 is 13.6. The van der Waals surface area contributed by atoms with Crippen LogP contribution in [0.25, 0.3) is 0 Å². The molecule has 2 aliphatic rings. The van der Waals surface area contributed by atoms with E-state index in [1.807, 2.05) is 36.4 Å². The van der Waals surface area contributed by atoms with Gasteiger partial charge in [0.2, 0.25) is 0 Å². The Labute approximate surface area is 143 Å². The van der Waals surface area contributed by atoms with Gasteiger partial charge in [-0.1, -0.05) is 18.2 Å². The SMILES string of the molecule is NC1=NC2(CO1)c1ccccc1Oc1ccc(Br)c(I)c12. The molecule has 0 saturated heterocycles. The van der Waals surface area contributed by atoms with Gasteiger partial charge in [-0.05, 0) is 56.7 Å². The van der Waals surface area contributed by atoms with Gasteiger partial charge < -0.3 is 15.2 Å². The van der Waals surface area contributed by atoms with Crippen molar-refractivity contribution in [3.8, 4) is 11.5 Å². The number of nitrogens with two attached hydrogens (primary N) is 1. The maximum Gasteiger partial charge on any atom is 0.283 e. The standard InChI is InChI=1S/C15H10BrIN2O2/c16-9-5-6-11-12(13(9)17)15(7-20-14(18)19-15)8-3-1-2-4-10(8)21-11/h1-6H,7H2,(H2,18,19). The van der Waals surface area contributed by atoms with Crippen LogP contribution < -0.4 is 10.5 Å². The number of para-hydroxylation sites is 1. The quantitative estimate of drug-likeness (QED) is 0.614. The smallest absolute Gasteiger partial charge is 0.283 e. The number of hydrogen-bond acceptors (Lipinski definition) is 4. The number of fused-ring (bicyclic) bond motifs is 4. The van der Waals surface area contributed by atoms with E-state index in [0.29, 0.717) is 6.61 Å². The number of aliphatic imine (C=N–C) groups is 1. The van der Waals surface area contributed by atoms with Crippen molar-refractivity contribution in [1.82, 2.24) is 0 Å². The van der Waals surface area contributed by atoms with Crippen molar-refractivity contribution in [2.24, 2.45) is 10.7 Å². The van der Waals surface area contributed by atoms with Gasteiger partial charge in [-0.15, -0.1) is 0 Å². The Morgan fingerprint density at radius 3 is 2.76 bits per heavy atom. The third kappa shape index (κ3) is 1.81. The van der Waals surface area contributed by atoms with Crippen molar-refractivity contribution in [2.75, 3.05) is 6.61 Å². The molecule has 1 spiro atoms. The van der Waals surface area contributed by atoms with Crippen molar-refractivity contribution in [1.29, 1.82) is 0 Å². The zero-order valence-electron chi connectivity index (χ0n) is 10.8. The highest BCUT2D eigenvalue weighted by Crippen LogP contribution is 2.53. The van der Waals surface area contributed by atoms with Gasteiger partial charge in [0.15, 0.2) is 5.54 Å². The van der Waals surface area contributed by atoms with E-state index in [9.17, 15) is 0 Å². The Balaban J connectivity index is 2.09. The van der Waals surface area contributed by atoms with Crippen LogP contribution in [0, 0.1) is 3.57 Å². The molecular formula is C15H10BrIN2O2. The van der Waals surface area contributed by atoms with E-state index in [1.165, 1.54) is 0 Å². The molecule has 2 N–H and O–H groups in total. The molecule has 2 aromatic carbocycles. The van der Waals surface area contributed by atoms with Crippen LogP contribution in [0.15, 0.2) is 45.9 Å². The predicted molar refractivity (Wildman–Crippen MR) is 91.7 cm³/mol. The van der Waals surface area contributed by atoms with Gasteiger partial charge in [-0.3, -0.25) is 0 Å². The molecule has 1 unspecified atom stereocenters. The van der Waals surface area contributed by atoms with Crippen LogP contribution in [0.2, 0.25) is 0 Å². The lowest BCUT2D eigenvalue weighted by Crippen LogP contribution is -2.32. The van der Waals surface area contributed by atoms with Crippen molar-refractivity contribution in [2.45, 2.75) is 5.54 Å². The molecule has 4 rings (SSSR count). The first-order chi connectivity index (χ1) is 10.1. The second-order valence-corrected chi connectivity index (χ2v) is 6.86. The molecule has 21 heavy (non-hydrogen) atoms. The molecule has 0 bridgehead atoms. The van der Waals surface area contributed by atoms with Crippen molar-refractivity contribution in [3.05, 3.63) is 55.6 Å². The molecule has 0 aliphatic carbocycles. The van der Waals surface area contributed by atoms with E-state index >= 15 is 0 Å². The Kier molecular flexibility index (Phi) is 2.94. The summed E-state index contributed by atoms with van der Waals surface area (Å²) in [6, 6.07) is 12.0. The molecule has 0 amide bonds. The molecule has 0 saturated carbocycles. The highest BCUT2D eigenvalue weighted by atomic mass is 127. The van der Waals surface area contributed by atoms with Crippen molar-refractivity contribution in [3.63, 3.8) is 0 Å². The first-order valence-electron chi connectivity index (χ1n) is 6.36. The molecule has 1 atom stereocenters. The number of amidine groups is 1. The molecule has 106 valence electrons. The molecule has 4 nitrogen and oxygen atoms in total. The fourth-order valence-electron chi connectivity index (χ4n) is 2.85. The summed E-state index contributed by atoms with van der Waals surface area (Å²) in [6.45, 7) is 0.388. The summed E-state index contributed by atoms with van der Waals surface area (Å²) in [5.41, 5.74) is 7.16. The predicted octanol–water partition coefficient (Wildman–Crippen LogP) is 3.75. The highest BCUT2D eigenvalue weighted by Gasteiger charge is 2.48. The van der Waals surface area contributed by atoms with Crippen LogP contribution in [0.5, 0.6) is 11.5 Å². The first kappa shape index (κ1) is 13.4. The summed E-state index contributed by atoms with van der Waals surface area (Å²) in [6.07, 6.45) is 0. The number of ether oxygens (including phenoxy) is 2. The summed E-state index contributed by atoms with van der Waals surface area (Å²) in [7, 11) is 0. The van der Waals surface area contributed by atoms with Gasteiger partial charge in [-0.2, -0.15) is 0 Å². The molecule has 2 heterocycles. The number of benzene rings is 2. The van der Waals surface area contributed by atoms with Crippen LogP contribution in [0.3, 0.4) is 0 Å². The monoisotopic (exact) mass is 456 g/mol. The third-order valence-corrected chi connectivity index (χ3v) is 6.28. The average Bonchev–Trinajstić information content (AvgIpc) is 2.86. The zero-order valence-corrected chi connectivity index (χ0v) is 14.5. The molecule has 6 heteroatoms. The summed E-state index contributed by atoms with van der Waals surface area (Å²) in [5.74, 6) is 1.59. The largest absolute Gasteiger partial charge is 0.462 e. The average molecular weight is 457 g/mol. The van der Waals surface area contributed by atoms with E-state index in [4.69, 9.17) is 15.2 Å². The minimum Gasteiger partial charge on any atom is -0.462 e. The summed E-state index contributed by atoms with van der Waals surface area (Å²) >= 11 is 5.88. The van der Waals surface area contributed by atoms with Gasteiger partial charge in [-0.25, -0.2) is 4.99 Å². The number of nitrogens with zero attached hydrogens (tertiary/aromatic N) is 1. The highest BCUT2D eigenvalue weighted by molar-refractivity contribution is 14.1. The van der Waals surface area contributed by atoms with Crippen LogP contribution in [-0.2, 0) is 10.3 Å². The Bertz CT molecular complexity index is 793. The normalized spacial score (nSPS) is 22.1. The molecule has 0 radical (unpaired) electrons. The maximum absolute atomic E-state index is 6.04. The number of halogens is 2. The summed E-state index contributed by atoms with van der Waals surface area (Å²) in [5, 5.41) is 0. The minimum atomic E-state index is -0.630.